The Morgan fingerprint density at radius 1 is 1.50 bits per heavy atom. The van der Waals surface area contributed by atoms with Gasteiger partial charge in [0.15, 0.2) is 0 Å². The van der Waals surface area contributed by atoms with Crippen molar-refractivity contribution in [1.82, 2.24) is 10.1 Å². The molecule has 0 aromatic carbocycles. The number of thiophene rings is 1. The number of anilines is 1. The third kappa shape index (κ3) is 1.44. The Bertz CT molecular complexity index is 475. The summed E-state index contributed by atoms with van der Waals surface area (Å²) in [5, 5.41) is 4.04. The second kappa shape index (κ2) is 3.11. The van der Waals surface area contributed by atoms with Gasteiger partial charge in [0.05, 0.1) is 9.88 Å². The fourth-order valence-corrected chi connectivity index (χ4v) is 1.59. The Labute approximate surface area is 82.5 Å². The zero-order chi connectivity index (χ0) is 10.1. The van der Waals surface area contributed by atoms with Crippen molar-refractivity contribution in [3.8, 4) is 10.8 Å². The van der Waals surface area contributed by atoms with E-state index in [2.05, 4.69) is 10.1 Å². The first kappa shape index (κ1) is 8.70. The van der Waals surface area contributed by atoms with E-state index in [1.807, 2.05) is 0 Å². The summed E-state index contributed by atoms with van der Waals surface area (Å²) in [6, 6.07) is 3.45. The van der Waals surface area contributed by atoms with E-state index < -0.39 is 5.91 Å². The van der Waals surface area contributed by atoms with Gasteiger partial charge in [-0.2, -0.15) is 4.98 Å². The second-order valence-corrected chi connectivity index (χ2v) is 3.60. The number of aromatic nitrogens is 2. The minimum atomic E-state index is -0.718. The molecular weight excluding hydrogens is 204 g/mol. The Kier molecular flexibility index (Phi) is 1.93. The van der Waals surface area contributed by atoms with Gasteiger partial charge in [0, 0.05) is 0 Å². The van der Waals surface area contributed by atoms with Crippen LogP contribution in [0.2, 0.25) is 0 Å². The van der Waals surface area contributed by atoms with Crippen LogP contribution in [0.25, 0.3) is 10.8 Å². The summed E-state index contributed by atoms with van der Waals surface area (Å²) in [7, 11) is 0. The van der Waals surface area contributed by atoms with Crippen LogP contribution < -0.4 is 11.5 Å². The van der Waals surface area contributed by atoms with Crippen molar-refractivity contribution in [3.05, 3.63) is 18.0 Å². The second-order valence-electron chi connectivity index (χ2n) is 2.49. The molecule has 1 amide bonds. The largest absolute Gasteiger partial charge is 0.391 e. The highest BCUT2D eigenvalue weighted by Gasteiger charge is 2.13. The van der Waals surface area contributed by atoms with Crippen LogP contribution in [0.3, 0.4) is 0 Å². The van der Waals surface area contributed by atoms with Crippen molar-refractivity contribution < 1.29 is 9.32 Å². The normalized spacial score (nSPS) is 10.3. The number of amides is 1. The molecule has 0 radical (unpaired) electrons. The molecule has 4 N–H and O–H groups in total. The molecule has 0 saturated heterocycles. The van der Waals surface area contributed by atoms with Crippen LogP contribution in [-0.2, 0) is 0 Å². The van der Waals surface area contributed by atoms with Crippen molar-refractivity contribution in [2.45, 2.75) is 0 Å². The molecule has 0 atom stereocenters. The molecular formula is C7H6N4O2S. The maximum atomic E-state index is 10.7. The van der Waals surface area contributed by atoms with Gasteiger partial charge in [0.1, 0.15) is 0 Å². The average molecular weight is 210 g/mol. The summed E-state index contributed by atoms with van der Waals surface area (Å²) in [4.78, 5) is 15.2. The molecule has 0 fully saturated rings. The Balaban J connectivity index is 2.38. The van der Waals surface area contributed by atoms with Crippen LogP contribution in [0.1, 0.15) is 10.6 Å². The first-order valence-electron chi connectivity index (χ1n) is 3.66. The third-order valence-electron chi connectivity index (χ3n) is 1.48. The fourth-order valence-electron chi connectivity index (χ4n) is 0.891. The van der Waals surface area contributed by atoms with Crippen molar-refractivity contribution >= 4 is 22.2 Å². The molecule has 72 valence electrons. The minimum Gasteiger partial charge on any atom is -0.391 e. The fraction of sp³-hybridized carbons (Fsp3) is 0. The zero-order valence-corrected chi connectivity index (χ0v) is 7.75. The topological polar surface area (TPSA) is 108 Å². The van der Waals surface area contributed by atoms with E-state index in [1.165, 1.54) is 11.3 Å². The first-order valence-corrected chi connectivity index (χ1v) is 4.47. The number of primary amides is 1. The minimum absolute atomic E-state index is 0.132. The molecule has 2 aromatic rings. The number of rotatable bonds is 2. The predicted octanol–water partition coefficient (Wildman–Crippen LogP) is 0.479. The SMILES string of the molecule is NC(=O)c1noc(-c2ccc(N)s2)n1. The molecule has 7 heteroatoms. The van der Waals surface area contributed by atoms with Crippen molar-refractivity contribution in [2.75, 3.05) is 5.73 Å². The molecule has 0 bridgehead atoms. The number of hydrogen-bond donors (Lipinski definition) is 2. The Morgan fingerprint density at radius 3 is 2.79 bits per heavy atom. The van der Waals surface area contributed by atoms with Gasteiger partial charge in [0.25, 0.3) is 17.6 Å². The molecule has 0 spiro atoms. The van der Waals surface area contributed by atoms with E-state index >= 15 is 0 Å². The molecule has 6 nitrogen and oxygen atoms in total. The van der Waals surface area contributed by atoms with Gasteiger partial charge >= 0.3 is 0 Å². The monoisotopic (exact) mass is 210 g/mol. The Hall–Kier alpha value is -1.89. The zero-order valence-electron chi connectivity index (χ0n) is 6.93. The van der Waals surface area contributed by atoms with E-state index in [0.29, 0.717) is 9.88 Å². The summed E-state index contributed by atoms with van der Waals surface area (Å²) in [6.45, 7) is 0. The van der Waals surface area contributed by atoms with Crippen LogP contribution in [0.4, 0.5) is 5.00 Å². The summed E-state index contributed by atoms with van der Waals surface area (Å²) in [5.41, 5.74) is 10.5. The smallest absolute Gasteiger partial charge is 0.290 e. The average Bonchev–Trinajstić information content (AvgIpc) is 2.70. The van der Waals surface area contributed by atoms with Gasteiger partial charge in [0.2, 0.25) is 0 Å². The molecule has 2 rings (SSSR count). The van der Waals surface area contributed by atoms with E-state index in [4.69, 9.17) is 16.0 Å². The molecule has 2 aromatic heterocycles. The van der Waals surface area contributed by atoms with Crippen LogP contribution in [0.15, 0.2) is 16.7 Å². The number of nitrogens with zero attached hydrogens (tertiary/aromatic N) is 2. The van der Waals surface area contributed by atoms with E-state index in [9.17, 15) is 4.79 Å². The first-order chi connectivity index (χ1) is 6.66. The standard InChI is InChI=1S/C7H6N4O2S/c8-4-2-1-3(14-4)7-10-6(5(9)12)11-13-7/h1-2H,8H2,(H2,9,12). The number of carbonyl (C=O) groups excluding carboxylic acids is 1. The quantitative estimate of drug-likeness (QED) is 0.749. The molecule has 0 aliphatic carbocycles. The van der Waals surface area contributed by atoms with Gasteiger partial charge in [-0.25, -0.2) is 0 Å². The lowest BCUT2D eigenvalue weighted by Gasteiger charge is -1.82. The van der Waals surface area contributed by atoms with E-state index in [1.54, 1.807) is 12.1 Å². The maximum absolute atomic E-state index is 10.7. The van der Waals surface area contributed by atoms with Crippen molar-refractivity contribution in [1.29, 1.82) is 0 Å². The highest BCUT2D eigenvalue weighted by atomic mass is 32.1. The molecule has 2 heterocycles. The van der Waals surface area contributed by atoms with Crippen LogP contribution in [0, 0.1) is 0 Å². The highest BCUT2D eigenvalue weighted by molar-refractivity contribution is 7.19. The van der Waals surface area contributed by atoms with Gasteiger partial charge < -0.3 is 16.0 Å². The van der Waals surface area contributed by atoms with Gasteiger partial charge in [-0.1, -0.05) is 5.16 Å². The van der Waals surface area contributed by atoms with Gasteiger partial charge in [-0.15, -0.1) is 11.3 Å². The molecule has 14 heavy (non-hydrogen) atoms. The maximum Gasteiger partial charge on any atom is 0.290 e. The van der Waals surface area contributed by atoms with Crippen molar-refractivity contribution in [2.24, 2.45) is 5.73 Å². The van der Waals surface area contributed by atoms with Crippen LogP contribution in [0.5, 0.6) is 0 Å². The predicted molar refractivity (Wildman–Crippen MR) is 50.5 cm³/mol. The summed E-state index contributed by atoms with van der Waals surface area (Å²) in [5.74, 6) is -0.600. The van der Waals surface area contributed by atoms with Gasteiger partial charge in [-0.3, -0.25) is 4.79 Å². The van der Waals surface area contributed by atoms with Crippen LogP contribution in [-0.4, -0.2) is 16.0 Å². The molecule has 0 saturated carbocycles. The number of nitrogen functional groups attached to an aromatic ring is 1. The van der Waals surface area contributed by atoms with Gasteiger partial charge in [-0.05, 0) is 12.1 Å². The lowest BCUT2D eigenvalue weighted by atomic mass is 10.4. The number of carbonyl (C=O) groups is 1. The van der Waals surface area contributed by atoms with Crippen LogP contribution >= 0.6 is 11.3 Å². The lowest BCUT2D eigenvalue weighted by Crippen LogP contribution is -2.12. The molecule has 0 aliphatic rings. The summed E-state index contributed by atoms with van der Waals surface area (Å²) >= 11 is 1.30. The Morgan fingerprint density at radius 2 is 2.29 bits per heavy atom. The third-order valence-corrected chi connectivity index (χ3v) is 2.39. The summed E-state index contributed by atoms with van der Waals surface area (Å²) in [6.07, 6.45) is 0. The summed E-state index contributed by atoms with van der Waals surface area (Å²) < 4.78 is 4.82. The van der Waals surface area contributed by atoms with E-state index in [0.717, 1.165) is 0 Å². The number of hydrogen-bond acceptors (Lipinski definition) is 6. The van der Waals surface area contributed by atoms with E-state index in [-0.39, 0.29) is 11.7 Å². The number of nitrogens with two attached hydrogens (primary N) is 2. The molecule has 0 aliphatic heterocycles. The van der Waals surface area contributed by atoms with Crippen molar-refractivity contribution in [3.63, 3.8) is 0 Å². The molecule has 0 unspecified atom stereocenters. The highest BCUT2D eigenvalue weighted by Crippen LogP contribution is 2.27. The lowest BCUT2D eigenvalue weighted by molar-refractivity contribution is 0.0987.